The molecule has 0 aliphatic carbocycles. The molecule has 11 nitrogen and oxygen atoms in total. The van der Waals surface area contributed by atoms with Crippen LogP contribution in [0.25, 0.3) is 0 Å². The lowest BCUT2D eigenvalue weighted by Gasteiger charge is -2.31. The molecule has 1 aromatic heterocycles. The Kier molecular flexibility index (Phi) is 7.08. The summed E-state index contributed by atoms with van der Waals surface area (Å²) in [6, 6.07) is 8.59. The first-order chi connectivity index (χ1) is 16.6. The van der Waals surface area contributed by atoms with Crippen LogP contribution in [0, 0.1) is 0 Å². The second kappa shape index (κ2) is 10.0. The summed E-state index contributed by atoms with van der Waals surface area (Å²) in [7, 11) is 1.50. The number of ether oxygens (including phenoxy) is 1. The van der Waals surface area contributed by atoms with Gasteiger partial charge in [-0.2, -0.15) is 5.06 Å². The van der Waals surface area contributed by atoms with Crippen LogP contribution in [-0.4, -0.2) is 73.9 Å². The van der Waals surface area contributed by atoms with Gasteiger partial charge in [0, 0.05) is 19.8 Å². The van der Waals surface area contributed by atoms with Gasteiger partial charge in [-0.3, -0.25) is 14.5 Å². The number of carbonyl (C=O) groups is 3. The van der Waals surface area contributed by atoms with Crippen LogP contribution in [0.3, 0.4) is 0 Å². The molecule has 2 atom stereocenters. The lowest BCUT2D eigenvalue weighted by molar-refractivity contribution is -0.188. The van der Waals surface area contributed by atoms with Gasteiger partial charge < -0.3 is 9.64 Å². The minimum atomic E-state index is -0.631. The molecule has 0 spiro atoms. The Labute approximate surface area is 204 Å². The Morgan fingerprint density at radius 1 is 1.14 bits per heavy atom. The topological polar surface area (TPSA) is 106 Å². The summed E-state index contributed by atoms with van der Waals surface area (Å²) in [5.74, 6) is -0.326. The predicted molar refractivity (Wildman–Crippen MR) is 123 cm³/mol. The zero-order valence-corrected chi connectivity index (χ0v) is 20.4. The first-order valence-corrected chi connectivity index (χ1v) is 11.6. The first kappa shape index (κ1) is 24.7. The highest BCUT2D eigenvalue weighted by molar-refractivity contribution is 5.88. The van der Waals surface area contributed by atoms with Crippen molar-refractivity contribution in [2.75, 3.05) is 13.6 Å². The molecular formula is C24H31N5O6. The second-order valence-corrected chi connectivity index (χ2v) is 9.63. The van der Waals surface area contributed by atoms with Gasteiger partial charge >= 0.3 is 12.1 Å². The summed E-state index contributed by atoms with van der Waals surface area (Å²) >= 11 is 0. The molecule has 2 bridgehead atoms. The zero-order chi connectivity index (χ0) is 25.2. The van der Waals surface area contributed by atoms with Gasteiger partial charge in [-0.15, -0.1) is 0 Å². The average Bonchev–Trinajstić information content (AvgIpc) is 3.39. The van der Waals surface area contributed by atoms with Crippen LogP contribution in [0.5, 0.6) is 0 Å². The largest absolute Gasteiger partial charge is 0.443 e. The zero-order valence-electron chi connectivity index (χ0n) is 20.4. The van der Waals surface area contributed by atoms with Gasteiger partial charge in [0.25, 0.3) is 5.91 Å². The smallest absolute Gasteiger partial charge is 0.419 e. The molecular weight excluding hydrogens is 454 g/mol. The van der Waals surface area contributed by atoms with Crippen molar-refractivity contribution < 1.29 is 28.8 Å². The van der Waals surface area contributed by atoms with Crippen molar-refractivity contribution in [2.24, 2.45) is 0 Å². The number of rotatable bonds is 7. The Balaban J connectivity index is 1.30. The first-order valence-electron chi connectivity index (χ1n) is 11.6. The maximum atomic E-state index is 13.1. The highest BCUT2D eigenvalue weighted by Gasteiger charge is 2.48. The van der Waals surface area contributed by atoms with E-state index in [1.54, 1.807) is 25.7 Å². The lowest BCUT2D eigenvalue weighted by Crippen LogP contribution is -2.50. The molecule has 0 N–H and O–H groups in total. The number of urea groups is 1. The van der Waals surface area contributed by atoms with Crippen molar-refractivity contribution >= 4 is 18.0 Å². The Morgan fingerprint density at radius 3 is 2.60 bits per heavy atom. The van der Waals surface area contributed by atoms with E-state index in [2.05, 4.69) is 4.98 Å². The van der Waals surface area contributed by atoms with Crippen molar-refractivity contribution in [1.82, 2.24) is 24.6 Å². The fourth-order valence-electron chi connectivity index (χ4n) is 4.06. The van der Waals surface area contributed by atoms with E-state index in [0.29, 0.717) is 25.1 Å². The van der Waals surface area contributed by atoms with Crippen molar-refractivity contribution in [3.05, 3.63) is 54.1 Å². The molecule has 3 amide bonds. The standard InChI is InChI=1S/C24H31N5O6/c1-24(2,3)35-23(32)27-12-18(25-16-27)15-33-26(4)21(30)20-11-10-19-13-28(20)22(31)29(19)34-14-17-8-6-5-7-9-17/h5-9,12,16,19-20H,10-11,13-15H2,1-4H3. The summed E-state index contributed by atoms with van der Waals surface area (Å²) < 4.78 is 6.52. The van der Waals surface area contributed by atoms with E-state index in [4.69, 9.17) is 14.4 Å². The molecule has 2 aromatic rings. The molecule has 35 heavy (non-hydrogen) atoms. The molecule has 3 heterocycles. The van der Waals surface area contributed by atoms with E-state index >= 15 is 0 Å². The maximum Gasteiger partial charge on any atom is 0.419 e. The second-order valence-electron chi connectivity index (χ2n) is 9.63. The average molecular weight is 486 g/mol. The lowest BCUT2D eigenvalue weighted by atomic mass is 10.0. The predicted octanol–water partition coefficient (Wildman–Crippen LogP) is 2.96. The van der Waals surface area contributed by atoms with Crippen LogP contribution in [-0.2, 0) is 32.4 Å². The molecule has 11 heteroatoms. The molecule has 2 aliphatic rings. The highest BCUT2D eigenvalue weighted by atomic mass is 16.7. The summed E-state index contributed by atoms with van der Waals surface area (Å²) in [5, 5.41) is 2.52. The molecule has 2 fully saturated rings. The van der Waals surface area contributed by atoms with Crippen molar-refractivity contribution in [1.29, 1.82) is 0 Å². The third kappa shape index (κ3) is 5.80. The molecule has 0 saturated carbocycles. The number of carbonyl (C=O) groups excluding carboxylic acids is 3. The van der Waals surface area contributed by atoms with Gasteiger partial charge in [0.2, 0.25) is 0 Å². The van der Waals surface area contributed by atoms with E-state index in [1.807, 2.05) is 30.3 Å². The monoisotopic (exact) mass is 485 g/mol. The number of imidazole rings is 1. The Hall–Kier alpha value is -3.44. The van der Waals surface area contributed by atoms with E-state index in [9.17, 15) is 14.4 Å². The van der Waals surface area contributed by atoms with E-state index in [-0.39, 0.29) is 31.2 Å². The van der Waals surface area contributed by atoms with Gasteiger partial charge in [0.15, 0.2) is 0 Å². The van der Waals surface area contributed by atoms with Crippen molar-refractivity contribution in [3.8, 4) is 0 Å². The number of fused-ring (bicyclic) bond motifs is 2. The third-order valence-corrected chi connectivity index (χ3v) is 5.78. The third-order valence-electron chi connectivity index (χ3n) is 5.78. The normalized spacial score (nSPS) is 19.7. The maximum absolute atomic E-state index is 13.1. The number of hydroxylamine groups is 4. The quantitative estimate of drug-likeness (QED) is 0.555. The molecule has 188 valence electrons. The van der Waals surface area contributed by atoms with Crippen LogP contribution in [0.1, 0.15) is 44.9 Å². The number of aromatic nitrogens is 2. The summed E-state index contributed by atoms with van der Waals surface area (Å²) in [4.78, 5) is 55.2. The van der Waals surface area contributed by atoms with Crippen LogP contribution >= 0.6 is 0 Å². The molecule has 2 aliphatic heterocycles. The SMILES string of the molecule is CN(OCc1cn(C(=O)OC(C)(C)C)cn1)C(=O)C1CCC2CN1C(=O)N2OCc1ccccc1. The van der Waals surface area contributed by atoms with Crippen LogP contribution < -0.4 is 0 Å². The summed E-state index contributed by atoms with van der Waals surface area (Å²) in [5.41, 5.74) is 0.794. The van der Waals surface area contributed by atoms with Crippen LogP contribution in [0.2, 0.25) is 0 Å². The van der Waals surface area contributed by atoms with Gasteiger partial charge in [-0.05, 0) is 39.2 Å². The fraction of sp³-hybridized carbons (Fsp3) is 0.500. The fourth-order valence-corrected chi connectivity index (χ4v) is 4.06. The minimum Gasteiger partial charge on any atom is -0.443 e. The molecule has 1 aromatic carbocycles. The molecule has 2 unspecified atom stereocenters. The summed E-state index contributed by atoms with van der Waals surface area (Å²) in [6.45, 7) is 6.03. The Morgan fingerprint density at radius 2 is 1.89 bits per heavy atom. The van der Waals surface area contributed by atoms with E-state index < -0.39 is 17.7 Å². The molecule has 0 radical (unpaired) electrons. The number of hydrogen-bond acceptors (Lipinski definition) is 7. The molecule has 2 saturated heterocycles. The van der Waals surface area contributed by atoms with Crippen molar-refractivity contribution in [2.45, 2.75) is 64.5 Å². The van der Waals surface area contributed by atoms with E-state index in [0.717, 1.165) is 10.6 Å². The van der Waals surface area contributed by atoms with Gasteiger partial charge in [0.1, 0.15) is 31.2 Å². The summed E-state index contributed by atoms with van der Waals surface area (Å²) in [6.07, 6.45) is 3.44. The van der Waals surface area contributed by atoms with Crippen LogP contribution in [0.15, 0.2) is 42.9 Å². The van der Waals surface area contributed by atoms with Gasteiger partial charge in [0.05, 0.1) is 11.7 Å². The van der Waals surface area contributed by atoms with E-state index in [1.165, 1.54) is 29.2 Å². The highest BCUT2D eigenvalue weighted by Crippen LogP contribution is 2.31. The molecule has 4 rings (SSSR count). The number of benzene rings is 1. The van der Waals surface area contributed by atoms with Crippen molar-refractivity contribution in [3.63, 3.8) is 0 Å². The minimum absolute atomic E-state index is 0.0202. The number of likely N-dealkylation sites (N-methyl/N-ethyl adjacent to an activating group) is 1. The van der Waals surface area contributed by atoms with Gasteiger partial charge in [-0.1, -0.05) is 30.3 Å². The number of amides is 3. The van der Waals surface area contributed by atoms with Crippen LogP contribution in [0.4, 0.5) is 9.59 Å². The number of piperidine rings is 1. The Bertz CT molecular complexity index is 1070. The number of nitrogens with zero attached hydrogens (tertiary/aromatic N) is 5. The van der Waals surface area contributed by atoms with Gasteiger partial charge in [-0.25, -0.2) is 24.2 Å². The number of hydrogen-bond donors (Lipinski definition) is 0.